The van der Waals surface area contributed by atoms with Gasteiger partial charge >= 0.3 is 0 Å². The van der Waals surface area contributed by atoms with Gasteiger partial charge in [-0.15, -0.1) is 0 Å². The van der Waals surface area contributed by atoms with Crippen molar-refractivity contribution in [3.63, 3.8) is 0 Å². The van der Waals surface area contributed by atoms with E-state index in [-0.39, 0.29) is 0 Å². The molecule has 0 radical (unpaired) electrons. The molecule has 2 aromatic rings. The van der Waals surface area contributed by atoms with Crippen molar-refractivity contribution in [1.82, 2.24) is 9.78 Å². The zero-order chi connectivity index (χ0) is 10.8. The maximum absolute atomic E-state index is 10.00. The number of fused-ring (bicyclic) bond motifs is 1. The molecule has 2 rings (SSSR count). The smallest absolute Gasteiger partial charge is 0.235 e. The fourth-order valence-electron chi connectivity index (χ4n) is 1.49. The van der Waals surface area contributed by atoms with E-state index in [0.29, 0.717) is 6.54 Å². The molecule has 0 unspecified atom stereocenters. The number of halogens is 1. The molecule has 0 saturated heterocycles. The Kier molecular flexibility index (Phi) is 2.66. The summed E-state index contributed by atoms with van der Waals surface area (Å²) in [6, 6.07) is 5.85. The second-order valence-electron chi connectivity index (χ2n) is 3.17. The second kappa shape index (κ2) is 3.96. The van der Waals surface area contributed by atoms with Crippen molar-refractivity contribution in [3.05, 3.63) is 28.4 Å². The van der Waals surface area contributed by atoms with Gasteiger partial charge in [-0.25, -0.2) is 9.79 Å². The molecule has 1 heterocycles. The molecule has 0 saturated carbocycles. The third-order valence-corrected chi connectivity index (χ3v) is 2.78. The molecule has 15 heavy (non-hydrogen) atoms. The zero-order valence-electron chi connectivity index (χ0n) is 8.07. The number of isocyanates is 1. The molecule has 0 spiro atoms. The van der Waals surface area contributed by atoms with Gasteiger partial charge in [-0.1, -0.05) is 6.07 Å². The largest absolute Gasteiger partial charge is 0.267 e. The number of aliphatic imine (C=N–C) groups is 1. The highest BCUT2D eigenvalue weighted by molar-refractivity contribution is 9.10. The molecule has 76 valence electrons. The Morgan fingerprint density at radius 3 is 3.13 bits per heavy atom. The standard InChI is InChI=1S/C10H8BrN3O/c1-14-9-3-2-7(5-12-6-15)4-8(9)10(11)13-14/h2-4H,5H2,1H3. The van der Waals surface area contributed by atoms with E-state index in [0.717, 1.165) is 21.1 Å². The van der Waals surface area contributed by atoms with Gasteiger partial charge in [0.2, 0.25) is 6.08 Å². The minimum absolute atomic E-state index is 0.362. The topological polar surface area (TPSA) is 47.2 Å². The van der Waals surface area contributed by atoms with Gasteiger partial charge in [-0.3, -0.25) is 4.68 Å². The minimum Gasteiger partial charge on any atom is -0.267 e. The molecular weight excluding hydrogens is 258 g/mol. The summed E-state index contributed by atoms with van der Waals surface area (Å²) >= 11 is 3.38. The number of carbonyl (C=O) groups excluding carboxylic acids is 1. The Morgan fingerprint density at radius 1 is 1.60 bits per heavy atom. The number of aromatic nitrogens is 2. The molecule has 0 aliphatic heterocycles. The van der Waals surface area contributed by atoms with Crippen molar-refractivity contribution in [3.8, 4) is 0 Å². The van der Waals surface area contributed by atoms with E-state index in [1.54, 1.807) is 4.68 Å². The number of rotatable bonds is 2. The van der Waals surface area contributed by atoms with Crippen LogP contribution in [0.2, 0.25) is 0 Å². The maximum Gasteiger partial charge on any atom is 0.235 e. The summed E-state index contributed by atoms with van der Waals surface area (Å²) in [6.45, 7) is 0.362. The summed E-state index contributed by atoms with van der Waals surface area (Å²) in [5, 5.41) is 5.26. The number of benzene rings is 1. The molecule has 1 aromatic heterocycles. The van der Waals surface area contributed by atoms with Crippen LogP contribution in [0.3, 0.4) is 0 Å². The van der Waals surface area contributed by atoms with E-state index in [9.17, 15) is 4.79 Å². The van der Waals surface area contributed by atoms with E-state index >= 15 is 0 Å². The number of aryl methyl sites for hydroxylation is 1. The lowest BCUT2D eigenvalue weighted by Gasteiger charge is -1.96. The maximum atomic E-state index is 10.00. The lowest BCUT2D eigenvalue weighted by molar-refractivity contribution is 0.563. The predicted molar refractivity (Wildman–Crippen MR) is 60.2 cm³/mol. The van der Waals surface area contributed by atoms with Crippen molar-refractivity contribution in [1.29, 1.82) is 0 Å². The molecule has 0 aliphatic carbocycles. The van der Waals surface area contributed by atoms with E-state index in [2.05, 4.69) is 26.0 Å². The van der Waals surface area contributed by atoms with Gasteiger partial charge in [-0.05, 0) is 33.6 Å². The van der Waals surface area contributed by atoms with Gasteiger partial charge < -0.3 is 0 Å². The Bertz CT molecular complexity index is 555. The third-order valence-electron chi connectivity index (χ3n) is 2.20. The van der Waals surface area contributed by atoms with E-state index in [1.165, 1.54) is 6.08 Å². The van der Waals surface area contributed by atoms with Gasteiger partial charge in [0.25, 0.3) is 0 Å². The molecule has 0 amide bonds. The summed E-state index contributed by atoms with van der Waals surface area (Å²) in [4.78, 5) is 13.5. The van der Waals surface area contributed by atoms with Crippen LogP contribution in [0.1, 0.15) is 5.56 Å². The van der Waals surface area contributed by atoms with Crippen molar-refractivity contribution < 1.29 is 4.79 Å². The van der Waals surface area contributed by atoms with Crippen molar-refractivity contribution >= 4 is 32.9 Å². The first-order valence-electron chi connectivity index (χ1n) is 4.37. The quantitative estimate of drug-likeness (QED) is 0.617. The van der Waals surface area contributed by atoms with Crippen LogP contribution >= 0.6 is 15.9 Å². The van der Waals surface area contributed by atoms with Gasteiger partial charge in [0, 0.05) is 12.4 Å². The van der Waals surface area contributed by atoms with Gasteiger partial charge in [0.05, 0.1) is 12.1 Å². The van der Waals surface area contributed by atoms with Crippen LogP contribution in [0.25, 0.3) is 10.9 Å². The summed E-state index contributed by atoms with van der Waals surface area (Å²) in [5.74, 6) is 0. The Labute approximate surface area is 94.7 Å². The molecule has 1 aromatic carbocycles. The number of hydrogen-bond donors (Lipinski definition) is 0. The zero-order valence-corrected chi connectivity index (χ0v) is 9.65. The van der Waals surface area contributed by atoms with Crippen LogP contribution in [0.5, 0.6) is 0 Å². The van der Waals surface area contributed by atoms with Gasteiger partial charge in [0.1, 0.15) is 4.60 Å². The number of nitrogens with zero attached hydrogens (tertiary/aromatic N) is 3. The first-order chi connectivity index (χ1) is 7.22. The average molecular weight is 266 g/mol. The van der Waals surface area contributed by atoms with Gasteiger partial charge in [-0.2, -0.15) is 5.10 Å². The highest BCUT2D eigenvalue weighted by Gasteiger charge is 2.06. The summed E-state index contributed by atoms with van der Waals surface area (Å²) < 4.78 is 2.60. The highest BCUT2D eigenvalue weighted by atomic mass is 79.9. The Hall–Kier alpha value is -1.45. The first-order valence-corrected chi connectivity index (χ1v) is 5.16. The van der Waals surface area contributed by atoms with E-state index in [1.807, 2.05) is 25.2 Å². The van der Waals surface area contributed by atoms with Crippen molar-refractivity contribution in [2.45, 2.75) is 6.54 Å². The summed E-state index contributed by atoms with van der Waals surface area (Å²) in [6.07, 6.45) is 1.53. The average Bonchev–Trinajstić information content (AvgIpc) is 2.52. The molecule has 4 nitrogen and oxygen atoms in total. The third kappa shape index (κ3) is 1.84. The summed E-state index contributed by atoms with van der Waals surface area (Å²) in [7, 11) is 1.89. The lowest BCUT2D eigenvalue weighted by Crippen LogP contribution is -1.89. The normalized spacial score (nSPS) is 10.3. The van der Waals surface area contributed by atoms with Crippen LogP contribution in [-0.2, 0) is 18.4 Å². The lowest BCUT2D eigenvalue weighted by atomic mass is 10.1. The monoisotopic (exact) mass is 265 g/mol. The van der Waals surface area contributed by atoms with Crippen LogP contribution in [0.4, 0.5) is 0 Å². The number of hydrogen-bond acceptors (Lipinski definition) is 3. The molecular formula is C10H8BrN3O. The second-order valence-corrected chi connectivity index (χ2v) is 3.92. The van der Waals surface area contributed by atoms with Crippen molar-refractivity contribution in [2.75, 3.05) is 0 Å². The SMILES string of the molecule is Cn1nc(Br)c2cc(CN=C=O)ccc21. The minimum atomic E-state index is 0.362. The van der Waals surface area contributed by atoms with Crippen LogP contribution in [-0.4, -0.2) is 15.9 Å². The predicted octanol–water partition coefficient (Wildman–Crippen LogP) is 2.17. The van der Waals surface area contributed by atoms with E-state index < -0.39 is 0 Å². The van der Waals surface area contributed by atoms with Crippen LogP contribution in [0.15, 0.2) is 27.8 Å². The van der Waals surface area contributed by atoms with Crippen molar-refractivity contribution in [2.24, 2.45) is 12.0 Å². The molecule has 0 aliphatic rings. The van der Waals surface area contributed by atoms with E-state index in [4.69, 9.17) is 0 Å². The highest BCUT2D eigenvalue weighted by Crippen LogP contribution is 2.23. The summed E-state index contributed by atoms with van der Waals surface area (Å²) in [5.41, 5.74) is 2.01. The first kappa shape index (κ1) is 10.1. The van der Waals surface area contributed by atoms with Crippen LogP contribution in [0, 0.1) is 0 Å². The fraction of sp³-hybridized carbons (Fsp3) is 0.200. The molecule has 0 bridgehead atoms. The fourth-order valence-corrected chi connectivity index (χ4v) is 2.05. The molecule has 0 atom stereocenters. The molecule has 0 fully saturated rings. The Morgan fingerprint density at radius 2 is 2.40 bits per heavy atom. The Balaban J connectivity index is 2.54. The molecule has 5 heteroatoms. The molecule has 0 N–H and O–H groups in total. The van der Waals surface area contributed by atoms with Gasteiger partial charge in [0.15, 0.2) is 0 Å². The van der Waals surface area contributed by atoms with Crippen LogP contribution < -0.4 is 0 Å².